The van der Waals surface area contributed by atoms with Crippen molar-refractivity contribution in [1.82, 2.24) is 0 Å². The summed E-state index contributed by atoms with van der Waals surface area (Å²) in [5.74, 6) is 1.41. The van der Waals surface area contributed by atoms with Crippen LogP contribution in [-0.2, 0) is 4.43 Å². The summed E-state index contributed by atoms with van der Waals surface area (Å²) in [5, 5.41) is 0. The van der Waals surface area contributed by atoms with E-state index in [1.54, 1.807) is 0 Å². The third-order valence-corrected chi connectivity index (χ3v) is 7.03. The molecule has 0 saturated heterocycles. The van der Waals surface area contributed by atoms with Crippen molar-refractivity contribution in [3.8, 4) is 0 Å². The number of hydrogen-bond donors (Lipinski definition) is 0. The standard InChI is InChI=1S/C18H34OSi/c1-14-9-10-16-17(2,3)11-8-12-18(16,4)15(14)13-19-20(5,6)7/h15-16H,1,8-13H2,2-7H3/t15?,16-,18+/m0/s1. The summed E-state index contributed by atoms with van der Waals surface area (Å²) in [6.07, 6.45) is 6.67. The molecule has 0 aromatic heterocycles. The van der Waals surface area contributed by atoms with Gasteiger partial charge in [0.25, 0.3) is 0 Å². The van der Waals surface area contributed by atoms with Crippen LogP contribution >= 0.6 is 0 Å². The van der Waals surface area contributed by atoms with Gasteiger partial charge in [-0.1, -0.05) is 39.3 Å². The summed E-state index contributed by atoms with van der Waals surface area (Å²) >= 11 is 0. The van der Waals surface area contributed by atoms with Crippen LogP contribution in [0.4, 0.5) is 0 Å². The maximum atomic E-state index is 6.30. The fourth-order valence-electron chi connectivity index (χ4n) is 4.92. The second-order valence-electron chi connectivity index (χ2n) is 9.07. The Hall–Kier alpha value is -0.0831. The molecule has 0 aromatic carbocycles. The minimum absolute atomic E-state index is 0.413. The van der Waals surface area contributed by atoms with E-state index in [2.05, 4.69) is 47.0 Å². The van der Waals surface area contributed by atoms with E-state index in [0.29, 0.717) is 16.7 Å². The summed E-state index contributed by atoms with van der Waals surface area (Å²) in [5.41, 5.74) is 2.36. The average molecular weight is 295 g/mol. The van der Waals surface area contributed by atoms with Gasteiger partial charge in [-0.25, -0.2) is 0 Å². The Morgan fingerprint density at radius 1 is 1.20 bits per heavy atom. The molecular formula is C18H34OSi. The number of fused-ring (bicyclic) bond motifs is 1. The van der Waals surface area contributed by atoms with Crippen molar-refractivity contribution in [3.05, 3.63) is 12.2 Å². The van der Waals surface area contributed by atoms with Crippen molar-refractivity contribution in [3.63, 3.8) is 0 Å². The lowest BCUT2D eigenvalue weighted by Gasteiger charge is -2.58. The van der Waals surface area contributed by atoms with E-state index in [4.69, 9.17) is 4.43 Å². The summed E-state index contributed by atoms with van der Waals surface area (Å²) in [6, 6.07) is 0. The monoisotopic (exact) mass is 294 g/mol. The van der Waals surface area contributed by atoms with E-state index >= 15 is 0 Å². The molecule has 0 amide bonds. The van der Waals surface area contributed by atoms with E-state index in [-0.39, 0.29) is 0 Å². The first kappa shape index (κ1) is 16.3. The molecule has 20 heavy (non-hydrogen) atoms. The summed E-state index contributed by atoms with van der Waals surface area (Å²) in [7, 11) is -1.44. The largest absolute Gasteiger partial charge is 0.417 e. The van der Waals surface area contributed by atoms with Crippen LogP contribution in [0.2, 0.25) is 19.6 Å². The number of rotatable bonds is 3. The highest BCUT2D eigenvalue weighted by atomic mass is 28.4. The van der Waals surface area contributed by atoms with Gasteiger partial charge >= 0.3 is 0 Å². The molecule has 0 bridgehead atoms. The van der Waals surface area contributed by atoms with Gasteiger partial charge in [-0.2, -0.15) is 0 Å². The highest BCUT2D eigenvalue weighted by Crippen LogP contribution is 2.60. The average Bonchev–Trinajstić information content (AvgIpc) is 2.24. The Kier molecular flexibility index (Phi) is 4.30. The Bertz CT molecular complexity index is 379. The van der Waals surface area contributed by atoms with Crippen LogP contribution in [0, 0.1) is 22.7 Å². The fourth-order valence-corrected chi connectivity index (χ4v) is 5.58. The van der Waals surface area contributed by atoms with Gasteiger partial charge in [0, 0.05) is 12.5 Å². The molecule has 0 spiro atoms. The van der Waals surface area contributed by atoms with Crippen LogP contribution in [0.5, 0.6) is 0 Å². The van der Waals surface area contributed by atoms with Crippen molar-refractivity contribution in [1.29, 1.82) is 0 Å². The van der Waals surface area contributed by atoms with Crippen LogP contribution in [0.25, 0.3) is 0 Å². The smallest absolute Gasteiger partial charge is 0.183 e. The van der Waals surface area contributed by atoms with Crippen molar-refractivity contribution in [2.75, 3.05) is 6.61 Å². The topological polar surface area (TPSA) is 9.23 Å². The summed E-state index contributed by atoms with van der Waals surface area (Å²) in [6.45, 7) is 19.7. The third kappa shape index (κ3) is 3.06. The van der Waals surface area contributed by atoms with Crippen LogP contribution in [-0.4, -0.2) is 14.9 Å². The molecule has 2 saturated carbocycles. The van der Waals surface area contributed by atoms with Gasteiger partial charge in [-0.05, 0) is 62.1 Å². The van der Waals surface area contributed by atoms with Crippen LogP contribution in [0.1, 0.15) is 52.9 Å². The van der Waals surface area contributed by atoms with E-state index in [1.165, 1.54) is 37.7 Å². The molecule has 3 atom stereocenters. The highest BCUT2D eigenvalue weighted by molar-refractivity contribution is 6.69. The summed E-state index contributed by atoms with van der Waals surface area (Å²) < 4.78 is 6.30. The summed E-state index contributed by atoms with van der Waals surface area (Å²) in [4.78, 5) is 0. The molecule has 2 rings (SSSR count). The lowest BCUT2D eigenvalue weighted by molar-refractivity contribution is -0.0632. The first-order chi connectivity index (χ1) is 9.06. The molecule has 1 nitrogen and oxygen atoms in total. The highest BCUT2D eigenvalue weighted by Gasteiger charge is 2.52. The zero-order valence-corrected chi connectivity index (χ0v) is 15.5. The van der Waals surface area contributed by atoms with Gasteiger partial charge in [0.15, 0.2) is 8.32 Å². The second kappa shape index (κ2) is 5.28. The van der Waals surface area contributed by atoms with Gasteiger partial charge in [0.1, 0.15) is 0 Å². The van der Waals surface area contributed by atoms with Gasteiger partial charge in [0.2, 0.25) is 0 Å². The number of hydrogen-bond acceptors (Lipinski definition) is 1. The molecule has 2 aliphatic rings. The minimum atomic E-state index is -1.44. The van der Waals surface area contributed by atoms with Crippen LogP contribution in [0.15, 0.2) is 12.2 Å². The maximum absolute atomic E-state index is 6.30. The lowest BCUT2D eigenvalue weighted by Crippen LogP contribution is -2.51. The van der Waals surface area contributed by atoms with E-state index in [0.717, 1.165) is 12.5 Å². The second-order valence-corrected chi connectivity index (χ2v) is 13.6. The predicted octanol–water partition coefficient (Wildman–Crippen LogP) is 5.64. The van der Waals surface area contributed by atoms with Gasteiger partial charge in [0.05, 0.1) is 0 Å². The normalized spacial score (nSPS) is 37.6. The lowest BCUT2D eigenvalue weighted by atomic mass is 9.48. The Morgan fingerprint density at radius 3 is 2.45 bits per heavy atom. The SMILES string of the molecule is C=C1CC[C@H]2C(C)(C)CCC[C@]2(C)C1CO[Si](C)(C)C. The molecule has 0 heterocycles. The molecule has 0 aliphatic heterocycles. The first-order valence-electron chi connectivity index (χ1n) is 8.38. The molecule has 0 radical (unpaired) electrons. The maximum Gasteiger partial charge on any atom is 0.183 e. The van der Waals surface area contributed by atoms with Crippen LogP contribution < -0.4 is 0 Å². The molecule has 0 aromatic rings. The van der Waals surface area contributed by atoms with E-state index in [9.17, 15) is 0 Å². The van der Waals surface area contributed by atoms with E-state index < -0.39 is 8.32 Å². The van der Waals surface area contributed by atoms with Crippen molar-refractivity contribution >= 4 is 8.32 Å². The minimum Gasteiger partial charge on any atom is -0.417 e. The Morgan fingerprint density at radius 2 is 1.85 bits per heavy atom. The van der Waals surface area contributed by atoms with Crippen LogP contribution in [0.3, 0.4) is 0 Å². The predicted molar refractivity (Wildman–Crippen MR) is 90.4 cm³/mol. The Balaban J connectivity index is 2.22. The Labute approximate surface area is 127 Å². The van der Waals surface area contributed by atoms with Crippen molar-refractivity contribution in [2.24, 2.45) is 22.7 Å². The van der Waals surface area contributed by atoms with Gasteiger partial charge < -0.3 is 4.43 Å². The third-order valence-electron chi connectivity index (χ3n) is 6.00. The quantitative estimate of drug-likeness (QED) is 0.483. The molecule has 2 heteroatoms. The fraction of sp³-hybridized carbons (Fsp3) is 0.889. The zero-order valence-electron chi connectivity index (χ0n) is 14.5. The molecule has 116 valence electrons. The van der Waals surface area contributed by atoms with Crippen molar-refractivity contribution in [2.45, 2.75) is 72.5 Å². The zero-order chi connectivity index (χ0) is 15.2. The van der Waals surface area contributed by atoms with Gasteiger partial charge in [-0.15, -0.1) is 0 Å². The molecule has 1 unspecified atom stereocenters. The van der Waals surface area contributed by atoms with Crippen molar-refractivity contribution < 1.29 is 4.43 Å². The first-order valence-corrected chi connectivity index (χ1v) is 11.8. The molecule has 2 aliphatic carbocycles. The molecule has 0 N–H and O–H groups in total. The van der Waals surface area contributed by atoms with E-state index in [1.807, 2.05) is 0 Å². The van der Waals surface area contributed by atoms with Gasteiger partial charge in [-0.3, -0.25) is 0 Å². The molecule has 2 fully saturated rings. The molecular weight excluding hydrogens is 260 g/mol.